The molecule has 0 aromatic heterocycles. The molecule has 3 fully saturated rings. The smallest absolute Gasteiger partial charge is 0.215 e. The summed E-state index contributed by atoms with van der Waals surface area (Å²) >= 11 is 0. The predicted molar refractivity (Wildman–Crippen MR) is 78.9 cm³/mol. The topological polar surface area (TPSA) is 46.6 Å². The van der Waals surface area contributed by atoms with Crippen LogP contribution in [0, 0.1) is 16.7 Å². The van der Waals surface area contributed by atoms with Crippen LogP contribution >= 0.6 is 0 Å². The minimum atomic E-state index is -3.07. The van der Waals surface area contributed by atoms with Crippen molar-refractivity contribution in [3.8, 4) is 0 Å². The van der Waals surface area contributed by atoms with E-state index in [1.165, 1.54) is 6.42 Å². The van der Waals surface area contributed by atoms with Gasteiger partial charge >= 0.3 is 0 Å². The Bertz CT molecular complexity index is 487. The lowest BCUT2D eigenvalue weighted by Crippen LogP contribution is -2.42. The molecule has 1 aliphatic heterocycles. The van der Waals surface area contributed by atoms with Crippen LogP contribution in [0.5, 0.6) is 0 Å². The number of hydrogen-bond acceptors (Lipinski definition) is 3. The molecule has 3 aliphatic rings. The molecule has 2 saturated carbocycles. The molecule has 5 heteroatoms. The molecule has 3 rings (SSSR count). The zero-order valence-electron chi connectivity index (χ0n) is 12.9. The summed E-state index contributed by atoms with van der Waals surface area (Å²) in [6, 6.07) is 0.253. The zero-order chi connectivity index (χ0) is 14.6. The number of rotatable bonds is 5. The molecule has 2 aliphatic carbocycles. The molecule has 0 aromatic carbocycles. The highest BCUT2D eigenvalue weighted by Crippen LogP contribution is 2.69. The molecule has 4 nitrogen and oxygen atoms in total. The van der Waals surface area contributed by atoms with Gasteiger partial charge in [0.1, 0.15) is 0 Å². The van der Waals surface area contributed by atoms with E-state index in [0.717, 1.165) is 19.3 Å². The van der Waals surface area contributed by atoms with Gasteiger partial charge in [-0.2, -0.15) is 4.31 Å². The Balaban J connectivity index is 1.80. The van der Waals surface area contributed by atoms with Gasteiger partial charge in [0.2, 0.25) is 10.0 Å². The maximum Gasteiger partial charge on any atom is 0.215 e. The third-order valence-corrected chi connectivity index (χ3v) is 8.44. The molecule has 1 saturated heterocycles. The molecule has 3 atom stereocenters. The molecule has 1 spiro atoms. The first-order chi connectivity index (χ1) is 9.35. The molecule has 0 aromatic rings. The van der Waals surface area contributed by atoms with Crippen LogP contribution in [-0.4, -0.2) is 44.3 Å². The lowest BCUT2D eigenvalue weighted by Gasteiger charge is -2.37. The number of ether oxygens (including phenoxy) is 1. The van der Waals surface area contributed by atoms with E-state index in [-0.39, 0.29) is 16.9 Å². The first-order valence-electron chi connectivity index (χ1n) is 7.92. The van der Waals surface area contributed by atoms with E-state index in [1.807, 2.05) is 11.2 Å². The van der Waals surface area contributed by atoms with Crippen LogP contribution in [-0.2, 0) is 14.8 Å². The van der Waals surface area contributed by atoms with Gasteiger partial charge in [0.05, 0.1) is 5.75 Å². The summed E-state index contributed by atoms with van der Waals surface area (Å²) in [5.74, 6) is 1.08. The van der Waals surface area contributed by atoms with Crippen LogP contribution in [0.4, 0.5) is 0 Å². The highest BCUT2D eigenvalue weighted by molar-refractivity contribution is 7.89. The minimum absolute atomic E-state index is 0.0160. The van der Waals surface area contributed by atoms with E-state index in [0.29, 0.717) is 31.4 Å². The number of hydrogen-bond donors (Lipinski definition) is 0. The fourth-order valence-corrected chi connectivity index (χ4v) is 7.74. The fraction of sp³-hybridized carbons (Fsp3) is 1.00. The van der Waals surface area contributed by atoms with Gasteiger partial charge in [0, 0.05) is 31.2 Å². The summed E-state index contributed by atoms with van der Waals surface area (Å²) in [5.41, 5.74) is 0.196. The molecule has 0 unspecified atom stereocenters. The summed E-state index contributed by atoms with van der Waals surface area (Å²) in [6.07, 6.45) is 4.19. The molecule has 0 N–H and O–H groups in total. The average molecular weight is 301 g/mol. The quantitative estimate of drug-likeness (QED) is 0.732. The molecule has 1 heterocycles. The maximum absolute atomic E-state index is 12.6. The maximum atomic E-state index is 12.6. The second-order valence-electron chi connectivity index (χ2n) is 7.28. The van der Waals surface area contributed by atoms with Gasteiger partial charge in [-0.1, -0.05) is 13.8 Å². The van der Waals surface area contributed by atoms with Gasteiger partial charge in [0.15, 0.2) is 0 Å². The standard InChI is InChI=1S/C15H27NO3S/c1-4-19-9-5-8-16-13-10-12-6-7-15(13,14(12,2)3)11-20(16,17)18/h12-13H,4-11H2,1-3H3/t12-,13-,15+/m1/s1. The third-order valence-electron chi connectivity index (χ3n) is 6.40. The molecule has 0 amide bonds. The average Bonchev–Trinajstić information content (AvgIpc) is 2.83. The summed E-state index contributed by atoms with van der Waals surface area (Å²) in [4.78, 5) is 0. The van der Waals surface area contributed by atoms with E-state index < -0.39 is 10.0 Å². The fourth-order valence-electron chi connectivity index (χ4n) is 5.14. The first kappa shape index (κ1) is 14.8. The third kappa shape index (κ3) is 1.82. The van der Waals surface area contributed by atoms with Crippen molar-refractivity contribution in [2.75, 3.05) is 25.5 Å². The monoisotopic (exact) mass is 301 g/mol. The molecular formula is C15H27NO3S. The number of fused-ring (bicyclic) bond motifs is 1. The highest BCUT2D eigenvalue weighted by atomic mass is 32.2. The summed E-state index contributed by atoms with van der Waals surface area (Å²) < 4.78 is 32.4. The molecular weight excluding hydrogens is 274 g/mol. The van der Waals surface area contributed by atoms with Crippen molar-refractivity contribution in [1.29, 1.82) is 0 Å². The lowest BCUT2D eigenvalue weighted by molar-refractivity contribution is 0.103. The van der Waals surface area contributed by atoms with Crippen molar-refractivity contribution in [3.63, 3.8) is 0 Å². The van der Waals surface area contributed by atoms with Crippen LogP contribution in [0.3, 0.4) is 0 Å². The Hall–Kier alpha value is -0.130. The molecule has 2 bridgehead atoms. The minimum Gasteiger partial charge on any atom is -0.382 e. The van der Waals surface area contributed by atoms with Crippen molar-refractivity contribution in [1.82, 2.24) is 4.31 Å². The van der Waals surface area contributed by atoms with Gasteiger partial charge in [-0.3, -0.25) is 0 Å². The Labute approximate surface area is 122 Å². The van der Waals surface area contributed by atoms with Crippen molar-refractivity contribution >= 4 is 10.0 Å². The van der Waals surface area contributed by atoms with Crippen molar-refractivity contribution < 1.29 is 13.2 Å². The Morgan fingerprint density at radius 3 is 2.75 bits per heavy atom. The van der Waals surface area contributed by atoms with Gasteiger partial charge in [-0.05, 0) is 43.9 Å². The SMILES string of the molecule is CCOCCCN1[C@@H]2C[C@H]3CC[C@@]2(CS1(=O)=O)C3(C)C. The van der Waals surface area contributed by atoms with E-state index in [9.17, 15) is 8.42 Å². The van der Waals surface area contributed by atoms with Crippen LogP contribution in [0.15, 0.2) is 0 Å². The number of nitrogens with zero attached hydrogens (tertiary/aromatic N) is 1. The van der Waals surface area contributed by atoms with Crippen molar-refractivity contribution in [2.45, 2.75) is 52.5 Å². The lowest BCUT2D eigenvalue weighted by atomic mass is 9.69. The molecule has 20 heavy (non-hydrogen) atoms. The summed E-state index contributed by atoms with van der Waals surface area (Å²) in [7, 11) is -3.07. The first-order valence-corrected chi connectivity index (χ1v) is 9.53. The van der Waals surface area contributed by atoms with Crippen molar-refractivity contribution in [2.24, 2.45) is 16.7 Å². The predicted octanol–water partition coefficient (Wildman–Crippen LogP) is 2.25. The van der Waals surface area contributed by atoms with Gasteiger partial charge in [-0.15, -0.1) is 0 Å². The van der Waals surface area contributed by atoms with Crippen LogP contribution in [0.25, 0.3) is 0 Å². The second-order valence-corrected chi connectivity index (χ2v) is 9.20. The normalized spacial score (nSPS) is 41.1. The van der Waals surface area contributed by atoms with Crippen molar-refractivity contribution in [3.05, 3.63) is 0 Å². The largest absolute Gasteiger partial charge is 0.382 e. The van der Waals surface area contributed by atoms with E-state index in [4.69, 9.17) is 4.74 Å². The van der Waals surface area contributed by atoms with Gasteiger partial charge in [-0.25, -0.2) is 8.42 Å². The summed E-state index contributed by atoms with van der Waals surface area (Å²) in [5, 5.41) is 0. The van der Waals surface area contributed by atoms with Crippen LogP contribution in [0.2, 0.25) is 0 Å². The van der Waals surface area contributed by atoms with Gasteiger partial charge < -0.3 is 4.74 Å². The number of sulfonamides is 1. The van der Waals surface area contributed by atoms with Crippen LogP contribution in [0.1, 0.15) is 46.5 Å². The van der Waals surface area contributed by atoms with Gasteiger partial charge in [0.25, 0.3) is 0 Å². The Morgan fingerprint density at radius 2 is 2.10 bits per heavy atom. The second kappa shape index (κ2) is 4.68. The Kier molecular flexibility index (Phi) is 3.46. The summed E-state index contributed by atoms with van der Waals surface area (Å²) in [6.45, 7) is 8.57. The molecule has 0 radical (unpaired) electrons. The van der Waals surface area contributed by atoms with Crippen LogP contribution < -0.4 is 0 Å². The zero-order valence-corrected chi connectivity index (χ0v) is 13.7. The molecule has 116 valence electrons. The highest BCUT2D eigenvalue weighted by Gasteiger charge is 2.71. The Morgan fingerprint density at radius 1 is 1.35 bits per heavy atom. The van der Waals surface area contributed by atoms with E-state index >= 15 is 0 Å². The van der Waals surface area contributed by atoms with E-state index in [1.54, 1.807) is 0 Å². The van der Waals surface area contributed by atoms with E-state index in [2.05, 4.69) is 13.8 Å².